The summed E-state index contributed by atoms with van der Waals surface area (Å²) in [5.41, 5.74) is 0.573. The maximum Gasteiger partial charge on any atom is 0.335 e. The number of carboxylic acids is 1. The van der Waals surface area contributed by atoms with Crippen LogP contribution in [0.2, 0.25) is 0 Å². The molecule has 1 aromatic rings. The molecule has 0 spiro atoms. The molecule has 21 heavy (non-hydrogen) atoms. The van der Waals surface area contributed by atoms with Crippen LogP contribution in [0.5, 0.6) is 5.75 Å². The third kappa shape index (κ3) is 2.60. The van der Waals surface area contributed by atoms with Crippen LogP contribution in [0, 0.1) is 17.8 Å². The highest BCUT2D eigenvalue weighted by Crippen LogP contribution is 2.48. The van der Waals surface area contributed by atoms with E-state index in [1.165, 1.54) is 25.7 Å². The van der Waals surface area contributed by atoms with Gasteiger partial charge in [0, 0.05) is 5.92 Å². The maximum atomic E-state index is 12.4. The van der Waals surface area contributed by atoms with E-state index in [2.05, 4.69) is 5.32 Å². The van der Waals surface area contributed by atoms with Crippen molar-refractivity contribution in [3.8, 4) is 5.75 Å². The lowest BCUT2D eigenvalue weighted by Gasteiger charge is -2.21. The largest absolute Gasteiger partial charge is 0.495 e. The van der Waals surface area contributed by atoms with E-state index in [-0.39, 0.29) is 17.4 Å². The van der Waals surface area contributed by atoms with Crippen LogP contribution in [0.25, 0.3) is 0 Å². The summed E-state index contributed by atoms with van der Waals surface area (Å²) < 4.78 is 5.20. The first-order valence-electron chi connectivity index (χ1n) is 7.30. The minimum atomic E-state index is -1.02. The van der Waals surface area contributed by atoms with Gasteiger partial charge in [0.05, 0.1) is 18.4 Å². The van der Waals surface area contributed by atoms with Crippen LogP contribution < -0.4 is 10.1 Å². The molecule has 2 fully saturated rings. The third-order valence-corrected chi connectivity index (χ3v) is 4.78. The van der Waals surface area contributed by atoms with E-state index in [1.807, 2.05) is 0 Å². The van der Waals surface area contributed by atoms with Crippen molar-refractivity contribution in [2.45, 2.75) is 25.7 Å². The molecule has 112 valence electrons. The quantitative estimate of drug-likeness (QED) is 0.893. The van der Waals surface area contributed by atoms with Gasteiger partial charge in [0.2, 0.25) is 5.91 Å². The average Bonchev–Trinajstić information content (AvgIpc) is 3.09. The lowest BCUT2D eigenvalue weighted by Crippen LogP contribution is -2.27. The maximum absolute atomic E-state index is 12.4. The number of aromatic carboxylic acids is 1. The summed E-state index contributed by atoms with van der Waals surface area (Å²) in [4.78, 5) is 23.5. The number of carbonyl (C=O) groups excluding carboxylic acids is 1. The van der Waals surface area contributed by atoms with E-state index in [0.29, 0.717) is 23.3 Å². The SMILES string of the molecule is COc1ccc(C(=O)O)cc1NC(=O)C1CC2CCC1C2. The van der Waals surface area contributed by atoms with E-state index < -0.39 is 5.97 Å². The van der Waals surface area contributed by atoms with Crippen molar-refractivity contribution < 1.29 is 19.4 Å². The molecule has 0 aliphatic heterocycles. The van der Waals surface area contributed by atoms with Crippen LogP contribution in [0.15, 0.2) is 18.2 Å². The number of carboxylic acid groups (broad SMARTS) is 1. The van der Waals surface area contributed by atoms with Crippen LogP contribution >= 0.6 is 0 Å². The molecule has 2 saturated carbocycles. The summed E-state index contributed by atoms with van der Waals surface area (Å²) in [5, 5.41) is 11.9. The summed E-state index contributed by atoms with van der Waals surface area (Å²) in [6, 6.07) is 4.49. The van der Waals surface area contributed by atoms with Crippen molar-refractivity contribution in [3.05, 3.63) is 23.8 Å². The fourth-order valence-electron chi connectivity index (χ4n) is 3.73. The molecule has 1 aromatic carbocycles. The summed E-state index contributed by atoms with van der Waals surface area (Å²) >= 11 is 0. The molecule has 5 nitrogen and oxygen atoms in total. The van der Waals surface area contributed by atoms with Gasteiger partial charge in [-0.3, -0.25) is 4.79 Å². The summed E-state index contributed by atoms with van der Waals surface area (Å²) in [7, 11) is 1.50. The molecule has 5 heteroatoms. The first kappa shape index (κ1) is 13.9. The molecular formula is C16H19NO4. The number of methoxy groups -OCH3 is 1. The number of anilines is 1. The minimum Gasteiger partial charge on any atom is -0.495 e. The molecule has 0 aromatic heterocycles. The number of benzene rings is 1. The van der Waals surface area contributed by atoms with Crippen LogP contribution in [0.1, 0.15) is 36.0 Å². The molecule has 0 heterocycles. The number of hydrogen-bond donors (Lipinski definition) is 2. The highest BCUT2D eigenvalue weighted by molar-refractivity contribution is 5.97. The summed E-state index contributed by atoms with van der Waals surface area (Å²) in [6.07, 6.45) is 4.49. The van der Waals surface area contributed by atoms with E-state index in [0.717, 1.165) is 19.3 Å². The van der Waals surface area contributed by atoms with E-state index in [9.17, 15) is 9.59 Å². The van der Waals surface area contributed by atoms with Crippen LogP contribution in [0.3, 0.4) is 0 Å². The third-order valence-electron chi connectivity index (χ3n) is 4.78. The van der Waals surface area contributed by atoms with Gasteiger partial charge < -0.3 is 15.2 Å². The number of fused-ring (bicyclic) bond motifs is 2. The first-order valence-corrected chi connectivity index (χ1v) is 7.30. The normalized spacial score (nSPS) is 26.6. The summed E-state index contributed by atoms with van der Waals surface area (Å²) in [5.74, 6) is 0.691. The number of carbonyl (C=O) groups is 2. The Kier molecular flexibility index (Phi) is 3.57. The lowest BCUT2D eigenvalue weighted by atomic mass is 9.88. The van der Waals surface area contributed by atoms with Gasteiger partial charge in [-0.1, -0.05) is 6.42 Å². The van der Waals surface area contributed by atoms with Gasteiger partial charge in [0.15, 0.2) is 0 Å². The van der Waals surface area contributed by atoms with Gasteiger partial charge in [-0.05, 0) is 49.3 Å². The zero-order valence-electron chi connectivity index (χ0n) is 12.0. The standard InChI is InChI=1S/C16H19NO4/c1-21-14-5-4-11(16(19)20)8-13(14)17-15(18)12-7-9-2-3-10(12)6-9/h4-5,8-10,12H,2-3,6-7H2,1H3,(H,17,18)(H,19,20). The van der Waals surface area contributed by atoms with Gasteiger partial charge in [0.1, 0.15) is 5.75 Å². The summed E-state index contributed by atoms with van der Waals surface area (Å²) in [6.45, 7) is 0. The van der Waals surface area contributed by atoms with E-state index >= 15 is 0 Å². The number of amides is 1. The van der Waals surface area contributed by atoms with E-state index in [4.69, 9.17) is 9.84 Å². The fraction of sp³-hybridized carbons (Fsp3) is 0.500. The Labute approximate surface area is 123 Å². The van der Waals surface area contributed by atoms with Gasteiger partial charge in [-0.15, -0.1) is 0 Å². The molecule has 2 N–H and O–H groups in total. The first-order chi connectivity index (χ1) is 10.1. The van der Waals surface area contributed by atoms with Gasteiger partial charge >= 0.3 is 5.97 Å². The smallest absolute Gasteiger partial charge is 0.335 e. The Balaban J connectivity index is 1.78. The Morgan fingerprint density at radius 3 is 2.67 bits per heavy atom. The van der Waals surface area contributed by atoms with Crippen LogP contribution in [-0.2, 0) is 4.79 Å². The highest BCUT2D eigenvalue weighted by atomic mass is 16.5. The van der Waals surface area contributed by atoms with Crippen molar-refractivity contribution in [1.82, 2.24) is 0 Å². The molecule has 0 saturated heterocycles. The molecule has 3 rings (SSSR count). The number of rotatable bonds is 4. The van der Waals surface area contributed by atoms with Crippen LogP contribution in [-0.4, -0.2) is 24.1 Å². The van der Waals surface area contributed by atoms with Crippen molar-refractivity contribution >= 4 is 17.6 Å². The fourth-order valence-corrected chi connectivity index (χ4v) is 3.73. The second-order valence-electron chi connectivity index (χ2n) is 5.99. The predicted octanol–water partition coefficient (Wildman–Crippen LogP) is 2.77. The monoisotopic (exact) mass is 289 g/mol. The second kappa shape index (κ2) is 5.39. The van der Waals surface area contributed by atoms with Crippen molar-refractivity contribution in [2.75, 3.05) is 12.4 Å². The Morgan fingerprint density at radius 2 is 2.10 bits per heavy atom. The van der Waals surface area contributed by atoms with Gasteiger partial charge in [0.25, 0.3) is 0 Å². The van der Waals surface area contributed by atoms with E-state index in [1.54, 1.807) is 6.07 Å². The molecule has 1 amide bonds. The van der Waals surface area contributed by atoms with Gasteiger partial charge in [-0.25, -0.2) is 4.79 Å². The average molecular weight is 289 g/mol. The zero-order chi connectivity index (χ0) is 15.0. The predicted molar refractivity (Wildman–Crippen MR) is 77.5 cm³/mol. The number of hydrogen-bond acceptors (Lipinski definition) is 3. The highest BCUT2D eigenvalue weighted by Gasteiger charge is 2.43. The topological polar surface area (TPSA) is 75.6 Å². The molecule has 3 unspecified atom stereocenters. The van der Waals surface area contributed by atoms with Crippen molar-refractivity contribution in [1.29, 1.82) is 0 Å². The Morgan fingerprint density at radius 1 is 1.29 bits per heavy atom. The zero-order valence-corrected chi connectivity index (χ0v) is 12.0. The number of ether oxygens (including phenoxy) is 1. The molecule has 2 aliphatic carbocycles. The molecule has 0 radical (unpaired) electrons. The van der Waals surface area contributed by atoms with Crippen LogP contribution in [0.4, 0.5) is 5.69 Å². The molecule has 2 bridgehead atoms. The van der Waals surface area contributed by atoms with Gasteiger partial charge in [-0.2, -0.15) is 0 Å². The molecular weight excluding hydrogens is 270 g/mol. The Hall–Kier alpha value is -2.04. The minimum absolute atomic E-state index is 0.0111. The lowest BCUT2D eigenvalue weighted by molar-refractivity contribution is -0.121. The second-order valence-corrected chi connectivity index (χ2v) is 5.99. The number of nitrogens with one attached hydrogen (secondary N) is 1. The molecule has 3 atom stereocenters. The van der Waals surface area contributed by atoms with Crippen molar-refractivity contribution in [2.24, 2.45) is 17.8 Å². The Bertz CT molecular complexity index is 584. The molecule has 2 aliphatic rings. The van der Waals surface area contributed by atoms with Crippen molar-refractivity contribution in [3.63, 3.8) is 0 Å².